The first kappa shape index (κ1) is 11.8. The monoisotopic (exact) mass is 264 g/mol. The van der Waals surface area contributed by atoms with Crippen LogP contribution in [0, 0.1) is 0 Å². The lowest BCUT2D eigenvalue weighted by Crippen LogP contribution is -2.10. The molecule has 17 heavy (non-hydrogen) atoms. The number of nitrogens with one attached hydrogen (secondary N) is 1. The Balaban J connectivity index is 2.07. The fourth-order valence-electron chi connectivity index (χ4n) is 1.20. The Morgan fingerprint density at radius 1 is 1.35 bits per heavy atom. The van der Waals surface area contributed by atoms with Gasteiger partial charge in [0.05, 0.1) is 0 Å². The minimum absolute atomic E-state index is 0.131. The third-order valence-electron chi connectivity index (χ3n) is 1.96. The predicted molar refractivity (Wildman–Crippen MR) is 71.0 cm³/mol. The Kier molecular flexibility index (Phi) is 3.90. The van der Waals surface area contributed by atoms with Crippen molar-refractivity contribution in [1.29, 1.82) is 0 Å². The van der Waals surface area contributed by atoms with E-state index in [2.05, 4.69) is 10.3 Å². The third-order valence-corrected chi connectivity index (χ3v) is 2.93. The number of thiazole rings is 1. The van der Waals surface area contributed by atoms with Crippen molar-refractivity contribution in [3.8, 4) is 0 Å². The number of aromatic nitrogens is 1. The average Bonchev–Trinajstić information content (AvgIpc) is 2.83. The van der Waals surface area contributed by atoms with Crippen LogP contribution in [0.15, 0.2) is 46.9 Å². The highest BCUT2D eigenvalue weighted by Gasteiger charge is 2.08. The minimum atomic E-state index is -0.356. The molecule has 0 spiro atoms. The second-order valence-corrected chi connectivity index (χ2v) is 4.50. The lowest BCUT2D eigenvalue weighted by molar-refractivity contribution is -0.112. The van der Waals surface area contributed by atoms with Crippen LogP contribution in [0.25, 0.3) is 6.08 Å². The molecule has 2 aromatic rings. The van der Waals surface area contributed by atoms with Crippen molar-refractivity contribution >= 4 is 40.1 Å². The zero-order valence-electron chi connectivity index (χ0n) is 8.76. The van der Waals surface area contributed by atoms with E-state index in [-0.39, 0.29) is 10.9 Å². The largest absolute Gasteiger partial charge is 0.297 e. The normalized spacial score (nSPS) is 11.2. The average molecular weight is 265 g/mol. The molecule has 0 aliphatic rings. The van der Waals surface area contributed by atoms with Crippen LogP contribution in [0.4, 0.5) is 5.13 Å². The Bertz CT molecular complexity index is 523. The second-order valence-electron chi connectivity index (χ2n) is 3.19. The Hall–Kier alpha value is -1.65. The predicted octanol–water partition coefficient (Wildman–Crippen LogP) is 3.36. The van der Waals surface area contributed by atoms with Gasteiger partial charge >= 0.3 is 0 Å². The Labute approximate surface area is 108 Å². The van der Waals surface area contributed by atoms with Gasteiger partial charge in [-0.25, -0.2) is 4.98 Å². The molecule has 0 fully saturated rings. The molecule has 2 rings (SSSR count). The van der Waals surface area contributed by atoms with Gasteiger partial charge in [0.15, 0.2) is 5.13 Å². The fraction of sp³-hybridized carbons (Fsp3) is 0. The molecule has 1 aromatic carbocycles. The number of amides is 1. The van der Waals surface area contributed by atoms with Gasteiger partial charge in [0.1, 0.15) is 5.03 Å². The molecular weight excluding hydrogens is 256 g/mol. The Morgan fingerprint density at radius 3 is 2.76 bits per heavy atom. The van der Waals surface area contributed by atoms with Gasteiger partial charge < -0.3 is 0 Å². The molecule has 3 nitrogen and oxygen atoms in total. The van der Waals surface area contributed by atoms with Gasteiger partial charge in [0.2, 0.25) is 0 Å². The second kappa shape index (κ2) is 5.61. The number of anilines is 1. The van der Waals surface area contributed by atoms with Gasteiger partial charge in [-0.3, -0.25) is 10.1 Å². The molecule has 0 radical (unpaired) electrons. The molecule has 86 valence electrons. The maximum Gasteiger partial charge on any atom is 0.268 e. The number of rotatable bonds is 3. The van der Waals surface area contributed by atoms with Crippen molar-refractivity contribution in [1.82, 2.24) is 4.98 Å². The van der Waals surface area contributed by atoms with Crippen molar-refractivity contribution in [2.75, 3.05) is 5.32 Å². The maximum atomic E-state index is 11.7. The standard InChI is InChI=1S/C12H9ClN2OS/c13-10(8-9-4-2-1-3-5-9)11(16)15-12-14-6-7-17-12/h1-8H,(H,14,15,16)/b10-8-. The smallest absolute Gasteiger partial charge is 0.268 e. The van der Waals surface area contributed by atoms with Crippen molar-refractivity contribution in [2.45, 2.75) is 0 Å². The number of halogens is 1. The molecule has 1 heterocycles. The van der Waals surface area contributed by atoms with E-state index in [1.165, 1.54) is 11.3 Å². The van der Waals surface area contributed by atoms with Crippen molar-refractivity contribution in [3.63, 3.8) is 0 Å². The minimum Gasteiger partial charge on any atom is -0.297 e. The fourth-order valence-corrected chi connectivity index (χ4v) is 1.90. The van der Waals surface area contributed by atoms with Crippen LogP contribution in [-0.2, 0) is 4.79 Å². The highest BCUT2D eigenvalue weighted by atomic mass is 35.5. The SMILES string of the molecule is O=C(Nc1nccs1)/C(Cl)=C/c1ccccc1. The van der Waals surface area contributed by atoms with E-state index in [9.17, 15) is 4.79 Å². The zero-order chi connectivity index (χ0) is 12.1. The van der Waals surface area contributed by atoms with Crippen molar-refractivity contribution < 1.29 is 4.79 Å². The lowest BCUT2D eigenvalue weighted by Gasteiger charge is -1.99. The first-order chi connectivity index (χ1) is 8.25. The zero-order valence-corrected chi connectivity index (χ0v) is 10.3. The van der Waals surface area contributed by atoms with Gasteiger partial charge in [-0.2, -0.15) is 0 Å². The summed E-state index contributed by atoms with van der Waals surface area (Å²) < 4.78 is 0. The van der Waals surface area contributed by atoms with Gasteiger partial charge in [-0.05, 0) is 11.6 Å². The quantitative estimate of drug-likeness (QED) is 0.864. The van der Waals surface area contributed by atoms with Crippen LogP contribution < -0.4 is 5.32 Å². The topological polar surface area (TPSA) is 42.0 Å². The molecule has 0 saturated heterocycles. The van der Waals surface area contributed by atoms with Crippen LogP contribution in [0.5, 0.6) is 0 Å². The number of hydrogen-bond donors (Lipinski definition) is 1. The third kappa shape index (κ3) is 3.41. The molecule has 0 aliphatic heterocycles. The summed E-state index contributed by atoms with van der Waals surface area (Å²) in [6.07, 6.45) is 3.24. The number of carbonyl (C=O) groups excluding carboxylic acids is 1. The van der Waals surface area contributed by atoms with Crippen LogP contribution in [0.3, 0.4) is 0 Å². The number of benzene rings is 1. The molecule has 1 amide bonds. The first-order valence-corrected chi connectivity index (χ1v) is 6.14. The maximum absolute atomic E-state index is 11.7. The molecule has 0 aliphatic carbocycles. The summed E-state index contributed by atoms with van der Waals surface area (Å²) in [6, 6.07) is 9.42. The van der Waals surface area contributed by atoms with Crippen LogP contribution in [0.1, 0.15) is 5.56 Å². The molecule has 0 atom stereocenters. The lowest BCUT2D eigenvalue weighted by atomic mass is 10.2. The number of carbonyl (C=O) groups is 1. The molecule has 0 bridgehead atoms. The molecule has 0 unspecified atom stereocenters. The van der Waals surface area contributed by atoms with Gasteiger partial charge in [0.25, 0.3) is 5.91 Å². The summed E-state index contributed by atoms with van der Waals surface area (Å²) in [4.78, 5) is 15.6. The molecule has 5 heteroatoms. The van der Waals surface area contributed by atoms with E-state index in [0.717, 1.165) is 5.56 Å². The van der Waals surface area contributed by atoms with Gasteiger partial charge in [-0.15, -0.1) is 11.3 Å². The molecular formula is C12H9ClN2OS. The summed E-state index contributed by atoms with van der Waals surface area (Å²) in [5.74, 6) is -0.356. The molecule has 0 saturated carbocycles. The van der Waals surface area contributed by atoms with Crippen LogP contribution >= 0.6 is 22.9 Å². The van der Waals surface area contributed by atoms with Crippen LogP contribution in [0.2, 0.25) is 0 Å². The Morgan fingerprint density at radius 2 is 2.12 bits per heavy atom. The molecule has 1 aromatic heterocycles. The summed E-state index contributed by atoms with van der Waals surface area (Å²) >= 11 is 7.25. The van der Waals surface area contributed by atoms with E-state index in [0.29, 0.717) is 5.13 Å². The summed E-state index contributed by atoms with van der Waals surface area (Å²) in [5, 5.41) is 5.06. The van der Waals surface area contributed by atoms with E-state index >= 15 is 0 Å². The summed E-state index contributed by atoms with van der Waals surface area (Å²) in [6.45, 7) is 0. The van der Waals surface area contributed by atoms with E-state index in [4.69, 9.17) is 11.6 Å². The van der Waals surface area contributed by atoms with Gasteiger partial charge in [0, 0.05) is 11.6 Å². The van der Waals surface area contributed by atoms with Crippen molar-refractivity contribution in [3.05, 3.63) is 52.5 Å². The summed E-state index contributed by atoms with van der Waals surface area (Å²) in [5.41, 5.74) is 0.881. The highest BCUT2D eigenvalue weighted by molar-refractivity contribution is 7.13. The van der Waals surface area contributed by atoms with E-state index < -0.39 is 0 Å². The number of hydrogen-bond acceptors (Lipinski definition) is 3. The summed E-state index contributed by atoms with van der Waals surface area (Å²) in [7, 11) is 0. The first-order valence-electron chi connectivity index (χ1n) is 4.89. The van der Waals surface area contributed by atoms with E-state index in [1.54, 1.807) is 17.7 Å². The highest BCUT2D eigenvalue weighted by Crippen LogP contribution is 2.15. The van der Waals surface area contributed by atoms with Crippen molar-refractivity contribution in [2.24, 2.45) is 0 Å². The van der Waals surface area contributed by atoms with E-state index in [1.807, 2.05) is 30.3 Å². The number of nitrogens with zero attached hydrogens (tertiary/aromatic N) is 1. The van der Waals surface area contributed by atoms with Crippen LogP contribution in [-0.4, -0.2) is 10.9 Å². The molecule has 1 N–H and O–H groups in total. The van der Waals surface area contributed by atoms with Gasteiger partial charge in [-0.1, -0.05) is 41.9 Å².